The molecule has 0 spiro atoms. The number of aliphatic hydroxyl groups excluding tert-OH is 2. The summed E-state index contributed by atoms with van der Waals surface area (Å²) in [6.07, 6.45) is -2.45. The van der Waals surface area contributed by atoms with Crippen LogP contribution < -0.4 is 5.73 Å². The van der Waals surface area contributed by atoms with Crippen molar-refractivity contribution in [1.29, 1.82) is 0 Å². The van der Waals surface area contributed by atoms with Gasteiger partial charge in [0.1, 0.15) is 0 Å². The Bertz CT molecular complexity index is 380. The van der Waals surface area contributed by atoms with Crippen molar-refractivity contribution in [2.75, 3.05) is 6.61 Å². The molecule has 82 valence electrons. The summed E-state index contributed by atoms with van der Waals surface area (Å²) in [5.74, 6) is -0.583. The van der Waals surface area contributed by atoms with Crippen molar-refractivity contribution in [2.45, 2.75) is 18.3 Å². The minimum absolute atomic E-state index is 0.0901. The first-order valence-electron chi connectivity index (χ1n) is 4.32. The number of nitrogens with two attached hydrogens (primary N) is 1. The summed E-state index contributed by atoms with van der Waals surface area (Å²) in [6, 6.07) is 0. The van der Waals surface area contributed by atoms with Gasteiger partial charge in [-0.3, -0.25) is 0 Å². The molecule has 0 saturated carbocycles. The van der Waals surface area contributed by atoms with Gasteiger partial charge in [-0.05, 0) is 0 Å². The van der Waals surface area contributed by atoms with Crippen molar-refractivity contribution in [2.24, 2.45) is 5.73 Å². The Morgan fingerprint density at radius 3 is 2.87 bits per heavy atom. The molecule has 0 aromatic carbocycles. The van der Waals surface area contributed by atoms with Gasteiger partial charge in [-0.25, -0.2) is 0 Å². The number of aromatic nitrogens is 1. The van der Waals surface area contributed by atoms with Gasteiger partial charge in [-0.1, -0.05) is 0 Å². The second-order valence-corrected chi connectivity index (χ2v) is 5.11. The molecule has 4 N–H and O–H groups in total. The second kappa shape index (κ2) is 4.03. The fourth-order valence-corrected chi connectivity index (χ4v) is 3.23. The maximum atomic E-state index is 10.8. The van der Waals surface area contributed by atoms with Crippen molar-refractivity contribution in [3.8, 4) is 0 Å². The molecule has 1 aliphatic rings. The normalized spacial score (nSPS) is 30.7. The van der Waals surface area contributed by atoms with E-state index in [0.717, 1.165) is 0 Å². The van der Waals surface area contributed by atoms with Crippen LogP contribution in [0.15, 0.2) is 4.94 Å². The van der Waals surface area contributed by atoms with Gasteiger partial charge >= 0.3 is 91.0 Å². The van der Waals surface area contributed by atoms with Gasteiger partial charge in [-0.2, -0.15) is 0 Å². The molecule has 1 aliphatic heterocycles. The molecular formula is C8H10N2O4Se. The van der Waals surface area contributed by atoms with Gasteiger partial charge in [-0.15, -0.1) is 0 Å². The molecule has 7 heteroatoms. The van der Waals surface area contributed by atoms with Crippen molar-refractivity contribution in [3.05, 3.63) is 15.2 Å². The van der Waals surface area contributed by atoms with E-state index in [2.05, 4.69) is 4.98 Å². The van der Waals surface area contributed by atoms with E-state index >= 15 is 0 Å². The number of rotatable bonds is 2. The molecule has 0 unspecified atom stereocenters. The number of carbonyl (C=O) groups excluding carboxylic acids is 1. The fourth-order valence-electron chi connectivity index (χ4n) is 1.35. The first-order valence-corrected chi connectivity index (χ1v) is 6.17. The predicted octanol–water partition coefficient (Wildman–Crippen LogP) is -1.97. The third kappa shape index (κ3) is 1.97. The average molecular weight is 277 g/mol. The first-order chi connectivity index (χ1) is 7.09. The van der Waals surface area contributed by atoms with Crippen molar-refractivity contribution in [1.82, 2.24) is 4.98 Å². The van der Waals surface area contributed by atoms with Crippen LogP contribution in [0.5, 0.6) is 0 Å². The van der Waals surface area contributed by atoms with Crippen molar-refractivity contribution in [3.63, 3.8) is 0 Å². The van der Waals surface area contributed by atoms with E-state index in [1.165, 1.54) is 0 Å². The van der Waals surface area contributed by atoms with E-state index in [9.17, 15) is 15.0 Å². The molecule has 1 aromatic heterocycles. The average Bonchev–Trinajstić information content (AvgIpc) is 2.76. The number of hydrogen-bond donors (Lipinski definition) is 3. The van der Waals surface area contributed by atoms with Crippen LogP contribution >= 0.6 is 0 Å². The zero-order chi connectivity index (χ0) is 11.0. The summed E-state index contributed by atoms with van der Waals surface area (Å²) in [5, 5.41) is 18.8. The Kier molecular flexibility index (Phi) is 2.90. The Balaban J connectivity index is 2.19. The molecule has 0 aliphatic carbocycles. The summed E-state index contributed by atoms with van der Waals surface area (Å²) in [5.41, 5.74) is 5.27. The van der Waals surface area contributed by atoms with E-state index in [1.807, 2.05) is 0 Å². The van der Waals surface area contributed by atoms with Gasteiger partial charge in [0.05, 0.1) is 0 Å². The summed E-state index contributed by atoms with van der Waals surface area (Å²) in [6.45, 7) is 0.0901. The molecule has 0 radical (unpaired) electrons. The summed E-state index contributed by atoms with van der Waals surface area (Å²) in [4.78, 5) is 16.4. The summed E-state index contributed by atoms with van der Waals surface area (Å²) >= 11 is -0.139. The third-order valence-corrected chi connectivity index (χ3v) is 4.07. The zero-order valence-electron chi connectivity index (χ0n) is 7.66. The van der Waals surface area contributed by atoms with Gasteiger partial charge in [0.2, 0.25) is 0 Å². The van der Waals surface area contributed by atoms with Crippen LogP contribution in [0.4, 0.5) is 0 Å². The number of primary amides is 1. The number of carbonyl (C=O) groups is 1. The zero-order valence-corrected chi connectivity index (χ0v) is 9.37. The van der Waals surface area contributed by atoms with E-state index in [1.54, 1.807) is 4.94 Å². The molecule has 1 amide bonds. The van der Waals surface area contributed by atoms with E-state index in [4.69, 9.17) is 10.5 Å². The van der Waals surface area contributed by atoms with Gasteiger partial charge in [0.25, 0.3) is 0 Å². The van der Waals surface area contributed by atoms with Crippen molar-refractivity contribution < 1.29 is 19.7 Å². The minimum atomic E-state index is -0.966. The van der Waals surface area contributed by atoms with Crippen LogP contribution in [0.3, 0.4) is 0 Å². The number of ether oxygens (including phenoxy) is 1. The molecule has 1 saturated heterocycles. The Hall–Kier alpha value is -0.721. The van der Waals surface area contributed by atoms with Crippen LogP contribution in [0.2, 0.25) is 0 Å². The monoisotopic (exact) mass is 278 g/mol. The Morgan fingerprint density at radius 1 is 1.67 bits per heavy atom. The number of aliphatic hydroxyl groups is 2. The predicted molar refractivity (Wildman–Crippen MR) is 50.4 cm³/mol. The summed E-state index contributed by atoms with van der Waals surface area (Å²) in [7, 11) is 0. The molecule has 2 heterocycles. The molecule has 15 heavy (non-hydrogen) atoms. The maximum absolute atomic E-state index is 10.8. The topological polar surface area (TPSA) is 106 Å². The molecular weight excluding hydrogens is 267 g/mol. The molecule has 3 atom stereocenters. The summed E-state index contributed by atoms with van der Waals surface area (Å²) < 4.78 is 5.79. The quantitative estimate of drug-likeness (QED) is 0.544. The van der Waals surface area contributed by atoms with Gasteiger partial charge in [0.15, 0.2) is 0 Å². The molecule has 1 fully saturated rings. The molecule has 6 nitrogen and oxygen atoms in total. The van der Waals surface area contributed by atoms with Gasteiger partial charge in [0, 0.05) is 0 Å². The van der Waals surface area contributed by atoms with Gasteiger partial charge < -0.3 is 0 Å². The van der Waals surface area contributed by atoms with Crippen LogP contribution in [0, 0.1) is 0 Å². The molecule has 0 bridgehead atoms. The fraction of sp³-hybridized carbons (Fsp3) is 0.500. The number of hydrogen-bond acceptors (Lipinski definition) is 5. The standard InChI is InChI=1S/C8H10N2O4Se/c9-7(13)3-2-15-8(10-3)6-5(12)4(11)1-14-6/h2,4-6,11-12H,1H2,(H2,9,13)/t4-,5-,6-/m1/s1. The van der Waals surface area contributed by atoms with E-state index in [0.29, 0.717) is 4.57 Å². The SMILES string of the molecule is NC(=O)c1c[se]c([C@@H]2OC[C@@H](O)[C@H]2O)n1. The second-order valence-electron chi connectivity index (χ2n) is 3.25. The van der Waals surface area contributed by atoms with Crippen LogP contribution in [-0.2, 0) is 4.74 Å². The van der Waals surface area contributed by atoms with E-state index < -0.39 is 24.2 Å². The molecule has 2 rings (SSSR count). The third-order valence-electron chi connectivity index (χ3n) is 2.17. The first kappa shape index (κ1) is 10.8. The van der Waals surface area contributed by atoms with Crippen LogP contribution in [-0.4, -0.2) is 54.4 Å². The van der Waals surface area contributed by atoms with Crippen LogP contribution in [0.25, 0.3) is 0 Å². The number of amides is 1. The Morgan fingerprint density at radius 2 is 2.40 bits per heavy atom. The Labute approximate surface area is 91.4 Å². The molecule has 1 aromatic rings. The van der Waals surface area contributed by atoms with E-state index in [-0.39, 0.29) is 26.8 Å². The van der Waals surface area contributed by atoms with Crippen LogP contribution in [0.1, 0.15) is 21.2 Å². The van der Waals surface area contributed by atoms with Crippen molar-refractivity contribution >= 4 is 20.4 Å². The number of nitrogens with zero attached hydrogens (tertiary/aromatic N) is 1.